The number of hydrogen-bond acceptors (Lipinski definition) is 10. The van der Waals surface area contributed by atoms with E-state index in [4.69, 9.17) is 0 Å². The normalized spacial score (nSPS) is 19.5. The zero-order valence-corrected chi connectivity index (χ0v) is 33.6. The van der Waals surface area contributed by atoms with Crippen LogP contribution in [0.4, 0.5) is 11.4 Å². The van der Waals surface area contributed by atoms with Crippen LogP contribution in [-0.4, -0.2) is 97.8 Å². The van der Waals surface area contributed by atoms with Gasteiger partial charge in [-0.3, -0.25) is 23.0 Å². The van der Waals surface area contributed by atoms with Gasteiger partial charge in [0.05, 0.1) is 26.7 Å². The van der Waals surface area contributed by atoms with Crippen molar-refractivity contribution < 1.29 is 66.4 Å². The van der Waals surface area contributed by atoms with Crippen LogP contribution < -0.4 is 4.90 Å². The highest BCUT2D eigenvalue weighted by Gasteiger charge is 2.45. The van der Waals surface area contributed by atoms with Crippen molar-refractivity contribution in [3.05, 3.63) is 83.6 Å². The lowest BCUT2D eigenvalue weighted by Gasteiger charge is -2.30. The summed E-state index contributed by atoms with van der Waals surface area (Å²) in [5.74, 6) is -2.05. The second kappa shape index (κ2) is 16.4. The maximum Gasteiger partial charge on any atom is 0.303 e. The Bertz CT molecular complexity index is 2420. The summed E-state index contributed by atoms with van der Waals surface area (Å²) >= 11 is 0. The lowest BCUT2D eigenvalue weighted by atomic mass is 9.77. The average molecular weight is 846 g/mol. The predicted octanol–water partition coefficient (Wildman–Crippen LogP) is 4.53. The highest BCUT2D eigenvalue weighted by atomic mass is 32.2. The number of carbonyl (C=O) groups is 1. The molecule has 0 saturated heterocycles. The van der Waals surface area contributed by atoms with Crippen LogP contribution in [0.1, 0.15) is 70.4 Å². The van der Waals surface area contributed by atoms with Crippen molar-refractivity contribution in [2.45, 2.75) is 79.9 Å². The molecule has 20 heteroatoms. The standard InChI is InChI=1S/C35H44N2O14S4/c1-34(2)27-23-25(54(46,47)48)14-16-29(27)36(19-9-21-52(40,41)42)31(34)11-5-4-6-12-32-35(3,18-8-7-13-33(38)39)28-24-26(55(49,50)51)15-17-30(28)37(32)20-10-22-53(43,44)45/h4-6,11-12,14-17,23-24H,7-10,13,18-22H2,1-3H3,(H4-,38,39,40,41,42,43,44,45,46,47,48,49,50,51)/p+1. The number of allylic oxidation sites excluding steroid dienone is 6. The Morgan fingerprint density at radius 1 is 0.745 bits per heavy atom. The molecule has 2 aromatic rings. The summed E-state index contributed by atoms with van der Waals surface area (Å²) in [5, 5.41) is 9.20. The molecular weight excluding hydrogens is 801 g/mol. The first-order chi connectivity index (χ1) is 25.3. The van der Waals surface area contributed by atoms with Crippen molar-refractivity contribution in [2.24, 2.45) is 0 Å². The molecule has 4 rings (SSSR count). The second-order valence-corrected chi connectivity index (χ2v) is 20.1. The van der Waals surface area contributed by atoms with Crippen molar-refractivity contribution in [3.63, 3.8) is 0 Å². The molecule has 2 heterocycles. The molecule has 0 spiro atoms. The largest absolute Gasteiger partial charge is 0.481 e. The third kappa shape index (κ3) is 10.8. The summed E-state index contributed by atoms with van der Waals surface area (Å²) < 4.78 is 134. The number of fused-ring (bicyclic) bond motifs is 2. The molecule has 0 aliphatic carbocycles. The van der Waals surface area contributed by atoms with Gasteiger partial charge in [0.15, 0.2) is 5.71 Å². The lowest BCUT2D eigenvalue weighted by molar-refractivity contribution is -0.437. The number of rotatable bonds is 18. The first-order valence-corrected chi connectivity index (χ1v) is 23.2. The van der Waals surface area contributed by atoms with Crippen LogP contribution in [0, 0.1) is 0 Å². The maximum absolute atomic E-state index is 12.1. The van der Waals surface area contributed by atoms with E-state index in [-0.39, 0.29) is 42.1 Å². The van der Waals surface area contributed by atoms with E-state index in [9.17, 15) is 61.8 Å². The van der Waals surface area contributed by atoms with E-state index < -0.39 is 68.8 Å². The van der Waals surface area contributed by atoms with Gasteiger partial charge in [0.1, 0.15) is 6.54 Å². The number of anilines is 1. The number of aliphatic carboxylic acids is 1. The molecule has 0 bridgehead atoms. The lowest BCUT2D eigenvalue weighted by Crippen LogP contribution is -2.30. The van der Waals surface area contributed by atoms with Gasteiger partial charge >= 0.3 is 5.97 Å². The first kappa shape index (κ1) is 44.0. The number of unbranched alkanes of at least 4 members (excludes halogenated alkanes) is 1. The quantitative estimate of drug-likeness (QED) is 0.0598. The Morgan fingerprint density at radius 2 is 1.33 bits per heavy atom. The summed E-state index contributed by atoms with van der Waals surface area (Å²) in [6.45, 7) is 5.71. The number of hydrogen-bond donors (Lipinski definition) is 5. The minimum atomic E-state index is -4.61. The number of carboxylic acid groups (broad SMARTS) is 1. The summed E-state index contributed by atoms with van der Waals surface area (Å²) in [6, 6.07) is 8.14. The van der Waals surface area contributed by atoms with E-state index in [1.165, 1.54) is 36.4 Å². The summed E-state index contributed by atoms with van der Waals surface area (Å²) in [7, 11) is -17.7. The minimum absolute atomic E-state index is 0.00491. The molecule has 1 atom stereocenters. The second-order valence-electron chi connectivity index (χ2n) is 14.1. The highest BCUT2D eigenvalue weighted by Crippen LogP contribution is 2.51. The molecule has 0 aromatic heterocycles. The fourth-order valence-corrected chi connectivity index (χ4v) is 9.18. The predicted molar refractivity (Wildman–Crippen MR) is 205 cm³/mol. The average Bonchev–Trinajstić information content (AvgIpc) is 3.40. The molecule has 5 N–H and O–H groups in total. The van der Waals surface area contributed by atoms with Crippen LogP contribution in [0.3, 0.4) is 0 Å². The van der Waals surface area contributed by atoms with Gasteiger partial charge in [0.2, 0.25) is 5.69 Å². The monoisotopic (exact) mass is 845 g/mol. The molecule has 0 radical (unpaired) electrons. The van der Waals surface area contributed by atoms with Crippen LogP contribution in [0.2, 0.25) is 0 Å². The molecule has 0 fully saturated rings. The van der Waals surface area contributed by atoms with Gasteiger partial charge in [-0.05, 0) is 82.0 Å². The van der Waals surface area contributed by atoms with Crippen molar-refractivity contribution >= 4 is 63.5 Å². The van der Waals surface area contributed by atoms with Crippen molar-refractivity contribution in [1.29, 1.82) is 0 Å². The first-order valence-electron chi connectivity index (χ1n) is 17.1. The van der Waals surface area contributed by atoms with Crippen molar-refractivity contribution in [1.82, 2.24) is 0 Å². The molecular formula is C35H45N2O14S4+. The molecule has 16 nitrogen and oxygen atoms in total. The van der Waals surface area contributed by atoms with E-state index in [1.54, 1.807) is 39.9 Å². The Labute approximate surface area is 321 Å². The van der Waals surface area contributed by atoms with Gasteiger partial charge in [0.25, 0.3) is 40.5 Å². The molecule has 2 aromatic carbocycles. The van der Waals surface area contributed by atoms with E-state index in [1.807, 2.05) is 20.8 Å². The van der Waals surface area contributed by atoms with Crippen LogP contribution in [-0.2, 0) is 56.1 Å². The zero-order chi connectivity index (χ0) is 41.2. The Morgan fingerprint density at radius 3 is 1.91 bits per heavy atom. The molecule has 1 unspecified atom stereocenters. The molecule has 2 aliphatic heterocycles. The highest BCUT2D eigenvalue weighted by molar-refractivity contribution is 7.86. The maximum atomic E-state index is 12.1. The van der Waals surface area contributed by atoms with Gasteiger partial charge in [0, 0.05) is 53.9 Å². The smallest absolute Gasteiger partial charge is 0.303 e. The Hall–Kier alpha value is -3.76. The molecule has 0 amide bonds. The van der Waals surface area contributed by atoms with Gasteiger partial charge in [-0.1, -0.05) is 24.6 Å². The number of carboxylic acids is 1. The molecule has 2 aliphatic rings. The minimum Gasteiger partial charge on any atom is -0.481 e. The molecule has 302 valence electrons. The summed E-state index contributed by atoms with van der Waals surface area (Å²) in [6.07, 6.45) is 9.53. The van der Waals surface area contributed by atoms with Crippen LogP contribution >= 0.6 is 0 Å². The zero-order valence-electron chi connectivity index (χ0n) is 30.4. The van der Waals surface area contributed by atoms with Crippen LogP contribution in [0.5, 0.6) is 0 Å². The van der Waals surface area contributed by atoms with Crippen molar-refractivity contribution in [3.8, 4) is 0 Å². The number of benzene rings is 2. The summed E-state index contributed by atoms with van der Waals surface area (Å²) in [5.41, 5.74) is 1.62. The van der Waals surface area contributed by atoms with Crippen LogP contribution in [0.15, 0.2) is 82.3 Å². The van der Waals surface area contributed by atoms with E-state index in [0.29, 0.717) is 53.2 Å². The van der Waals surface area contributed by atoms with E-state index >= 15 is 0 Å². The van der Waals surface area contributed by atoms with Crippen molar-refractivity contribution in [2.75, 3.05) is 29.5 Å². The van der Waals surface area contributed by atoms with Gasteiger partial charge < -0.3 is 10.0 Å². The number of nitrogens with zero attached hydrogens (tertiary/aromatic N) is 2. The van der Waals surface area contributed by atoms with Gasteiger partial charge in [-0.25, -0.2) is 0 Å². The topological polar surface area (TPSA) is 261 Å². The van der Waals surface area contributed by atoms with Gasteiger partial charge in [-0.15, -0.1) is 0 Å². The van der Waals surface area contributed by atoms with Gasteiger partial charge in [-0.2, -0.15) is 38.2 Å². The van der Waals surface area contributed by atoms with E-state index in [0.717, 1.165) is 0 Å². The van der Waals surface area contributed by atoms with Crippen LogP contribution in [0.25, 0.3) is 0 Å². The Balaban J connectivity index is 1.78. The fourth-order valence-electron chi connectivity index (χ4n) is 7.17. The third-order valence-electron chi connectivity index (χ3n) is 9.78. The SMILES string of the molecule is CC1(C)C(/C=C/C=C/C=C2\N(CCCS(=O)(=O)O)c3ccc(S(=O)(=O)O)cc3C2(C)CCCCC(=O)O)=[N+](CCCS(=O)(=O)O)c2ccc(S(=O)(=O)O)cc21. The molecule has 0 saturated carbocycles. The van der Waals surface area contributed by atoms with E-state index in [2.05, 4.69) is 0 Å². The summed E-state index contributed by atoms with van der Waals surface area (Å²) in [4.78, 5) is 12.4. The third-order valence-corrected chi connectivity index (χ3v) is 13.1. The fraction of sp³-hybridized carbons (Fsp3) is 0.429. The Kier molecular flexibility index (Phi) is 13.1. The molecule has 55 heavy (non-hydrogen) atoms.